The number of halogens is 1. The Hall–Kier alpha value is -1.51. The Kier molecular flexibility index (Phi) is 4.04. The molecule has 1 saturated heterocycles. The second-order valence-electron chi connectivity index (χ2n) is 5.67. The summed E-state index contributed by atoms with van der Waals surface area (Å²) < 4.78 is 3.00. The van der Waals surface area contributed by atoms with E-state index in [0.717, 1.165) is 49.6 Å². The van der Waals surface area contributed by atoms with E-state index in [4.69, 9.17) is 0 Å². The molecule has 6 nitrogen and oxygen atoms in total. The van der Waals surface area contributed by atoms with Gasteiger partial charge >= 0.3 is 0 Å². The topological polar surface area (TPSA) is 50.1 Å². The van der Waals surface area contributed by atoms with Gasteiger partial charge in [-0.05, 0) is 28.1 Å². The Balaban J connectivity index is 1.46. The number of anilines is 1. The molecule has 0 aromatic carbocycles. The molecule has 4 rings (SSSR count). The largest absolute Gasteiger partial charge is 0.353 e. The fourth-order valence-corrected chi connectivity index (χ4v) is 4.50. The summed E-state index contributed by atoms with van der Waals surface area (Å²) in [4.78, 5) is 15.1. The van der Waals surface area contributed by atoms with Crippen LogP contribution in [0.1, 0.15) is 4.88 Å². The Morgan fingerprint density at radius 2 is 2.00 bits per heavy atom. The number of fused-ring (bicyclic) bond motifs is 1. The van der Waals surface area contributed by atoms with E-state index in [0.29, 0.717) is 0 Å². The van der Waals surface area contributed by atoms with Crippen LogP contribution in [-0.4, -0.2) is 50.8 Å². The predicted octanol–water partition coefficient (Wildman–Crippen LogP) is 2.51. The first-order chi connectivity index (χ1) is 11.2. The van der Waals surface area contributed by atoms with E-state index in [9.17, 15) is 0 Å². The number of aromatic nitrogens is 4. The summed E-state index contributed by atoms with van der Waals surface area (Å²) in [6.07, 6.45) is 3.50. The van der Waals surface area contributed by atoms with Gasteiger partial charge in [-0.3, -0.25) is 9.58 Å². The molecule has 0 unspecified atom stereocenters. The molecule has 8 heteroatoms. The number of hydrogen-bond acceptors (Lipinski definition) is 6. The smallest absolute Gasteiger partial charge is 0.163 e. The van der Waals surface area contributed by atoms with Gasteiger partial charge in [-0.2, -0.15) is 5.10 Å². The Morgan fingerprint density at radius 1 is 1.17 bits per heavy atom. The molecular weight excluding hydrogens is 376 g/mol. The molecule has 0 spiro atoms. The van der Waals surface area contributed by atoms with Crippen LogP contribution in [0.25, 0.3) is 11.0 Å². The molecule has 0 saturated carbocycles. The zero-order chi connectivity index (χ0) is 15.8. The Morgan fingerprint density at radius 3 is 2.74 bits per heavy atom. The maximum absolute atomic E-state index is 4.50. The monoisotopic (exact) mass is 392 g/mol. The normalized spacial score (nSPS) is 16.3. The molecule has 3 aromatic rings. The van der Waals surface area contributed by atoms with Crippen molar-refractivity contribution >= 4 is 44.1 Å². The van der Waals surface area contributed by atoms with E-state index in [1.807, 2.05) is 24.6 Å². The van der Waals surface area contributed by atoms with Crippen LogP contribution in [0.5, 0.6) is 0 Å². The second-order valence-corrected chi connectivity index (χ2v) is 8.22. The van der Waals surface area contributed by atoms with Crippen LogP contribution in [0.4, 0.5) is 5.82 Å². The molecule has 3 aromatic heterocycles. The maximum Gasteiger partial charge on any atom is 0.163 e. The molecule has 120 valence electrons. The SMILES string of the molecule is Cn1ncc2c(N3CCN(Cc4ccc(Br)s4)CC3)ncnc21. The van der Waals surface area contributed by atoms with Crippen molar-refractivity contribution in [3.05, 3.63) is 33.3 Å². The highest BCUT2D eigenvalue weighted by Gasteiger charge is 2.21. The minimum atomic E-state index is 0.890. The fourth-order valence-electron chi connectivity index (χ4n) is 2.98. The standard InChI is InChI=1S/C15H17BrN6S/c1-20-14-12(8-19-20)15(18-10-17-14)22-6-4-21(5-7-22)9-11-2-3-13(16)23-11/h2-3,8,10H,4-7,9H2,1H3. The summed E-state index contributed by atoms with van der Waals surface area (Å²) in [5.41, 5.74) is 0.890. The van der Waals surface area contributed by atoms with Crippen molar-refractivity contribution in [2.45, 2.75) is 6.54 Å². The number of rotatable bonds is 3. The van der Waals surface area contributed by atoms with E-state index in [-0.39, 0.29) is 0 Å². The van der Waals surface area contributed by atoms with Gasteiger partial charge < -0.3 is 4.90 Å². The minimum Gasteiger partial charge on any atom is -0.353 e. The van der Waals surface area contributed by atoms with Crippen molar-refractivity contribution in [3.63, 3.8) is 0 Å². The molecule has 1 aliphatic rings. The molecule has 0 bridgehead atoms. The average molecular weight is 393 g/mol. The maximum atomic E-state index is 4.50. The van der Waals surface area contributed by atoms with E-state index >= 15 is 0 Å². The van der Waals surface area contributed by atoms with Gasteiger partial charge in [0.2, 0.25) is 0 Å². The summed E-state index contributed by atoms with van der Waals surface area (Å²) in [5, 5.41) is 5.33. The highest BCUT2D eigenvalue weighted by Crippen LogP contribution is 2.25. The summed E-state index contributed by atoms with van der Waals surface area (Å²) in [7, 11) is 1.91. The summed E-state index contributed by atoms with van der Waals surface area (Å²) in [6.45, 7) is 5.07. The van der Waals surface area contributed by atoms with Crippen molar-refractivity contribution < 1.29 is 0 Å². The average Bonchev–Trinajstić information content (AvgIpc) is 3.14. The molecule has 0 N–H and O–H groups in total. The molecule has 1 fully saturated rings. The molecule has 1 aliphatic heterocycles. The zero-order valence-electron chi connectivity index (χ0n) is 12.8. The van der Waals surface area contributed by atoms with Gasteiger partial charge in [0.25, 0.3) is 0 Å². The number of aryl methyl sites for hydroxylation is 1. The zero-order valence-corrected chi connectivity index (χ0v) is 15.2. The third-order valence-electron chi connectivity index (χ3n) is 4.19. The Labute approximate surface area is 146 Å². The summed E-state index contributed by atoms with van der Waals surface area (Å²) in [5.74, 6) is 1.00. The van der Waals surface area contributed by atoms with Crippen LogP contribution in [0.2, 0.25) is 0 Å². The molecule has 0 atom stereocenters. The first-order valence-electron chi connectivity index (χ1n) is 7.55. The fraction of sp³-hybridized carbons (Fsp3) is 0.400. The molecule has 4 heterocycles. The predicted molar refractivity (Wildman–Crippen MR) is 95.8 cm³/mol. The quantitative estimate of drug-likeness (QED) is 0.685. The first kappa shape index (κ1) is 15.0. The first-order valence-corrected chi connectivity index (χ1v) is 9.16. The lowest BCUT2D eigenvalue weighted by Gasteiger charge is -2.35. The number of piperazine rings is 1. The van der Waals surface area contributed by atoms with Gasteiger partial charge in [0.15, 0.2) is 5.65 Å². The Bertz CT molecular complexity index is 820. The van der Waals surface area contributed by atoms with Gasteiger partial charge in [0, 0.05) is 44.6 Å². The van der Waals surface area contributed by atoms with Crippen LogP contribution in [-0.2, 0) is 13.6 Å². The second kappa shape index (κ2) is 6.18. The van der Waals surface area contributed by atoms with E-state index in [1.54, 1.807) is 11.0 Å². The number of thiophene rings is 1. The summed E-state index contributed by atoms with van der Waals surface area (Å²) in [6, 6.07) is 4.32. The minimum absolute atomic E-state index is 0.890. The van der Waals surface area contributed by atoms with Crippen molar-refractivity contribution in [3.8, 4) is 0 Å². The van der Waals surface area contributed by atoms with Gasteiger partial charge in [-0.15, -0.1) is 11.3 Å². The van der Waals surface area contributed by atoms with Gasteiger partial charge in [-0.25, -0.2) is 9.97 Å². The summed E-state index contributed by atoms with van der Waals surface area (Å²) >= 11 is 5.34. The molecule has 0 amide bonds. The van der Waals surface area contributed by atoms with Crippen LogP contribution < -0.4 is 4.90 Å². The lowest BCUT2D eigenvalue weighted by atomic mass is 10.2. The number of nitrogens with zero attached hydrogens (tertiary/aromatic N) is 6. The molecule has 23 heavy (non-hydrogen) atoms. The van der Waals surface area contributed by atoms with Crippen LogP contribution in [0.15, 0.2) is 28.4 Å². The van der Waals surface area contributed by atoms with Gasteiger partial charge in [0.05, 0.1) is 15.4 Å². The third-order valence-corrected chi connectivity index (χ3v) is 5.80. The van der Waals surface area contributed by atoms with E-state index in [1.165, 1.54) is 8.66 Å². The highest BCUT2D eigenvalue weighted by molar-refractivity contribution is 9.11. The van der Waals surface area contributed by atoms with E-state index in [2.05, 4.69) is 52.9 Å². The van der Waals surface area contributed by atoms with Gasteiger partial charge in [-0.1, -0.05) is 0 Å². The lowest BCUT2D eigenvalue weighted by molar-refractivity contribution is 0.251. The van der Waals surface area contributed by atoms with Crippen molar-refractivity contribution in [1.82, 2.24) is 24.6 Å². The van der Waals surface area contributed by atoms with Crippen molar-refractivity contribution in [2.24, 2.45) is 7.05 Å². The molecule has 0 aliphatic carbocycles. The highest BCUT2D eigenvalue weighted by atomic mass is 79.9. The van der Waals surface area contributed by atoms with Crippen LogP contribution >= 0.6 is 27.3 Å². The van der Waals surface area contributed by atoms with Crippen LogP contribution in [0.3, 0.4) is 0 Å². The van der Waals surface area contributed by atoms with Gasteiger partial charge in [0.1, 0.15) is 12.1 Å². The molecule has 0 radical (unpaired) electrons. The molecular formula is C15H17BrN6S. The van der Waals surface area contributed by atoms with Crippen LogP contribution in [0, 0.1) is 0 Å². The van der Waals surface area contributed by atoms with E-state index < -0.39 is 0 Å². The number of hydrogen-bond donors (Lipinski definition) is 0. The third kappa shape index (κ3) is 2.98. The lowest BCUT2D eigenvalue weighted by Crippen LogP contribution is -2.46. The van der Waals surface area contributed by atoms with Crippen molar-refractivity contribution in [1.29, 1.82) is 0 Å². The van der Waals surface area contributed by atoms with Crippen molar-refractivity contribution in [2.75, 3.05) is 31.1 Å².